The van der Waals surface area contributed by atoms with Gasteiger partial charge in [0.05, 0.1) is 0 Å². The molecular weight excluding hydrogens is 316 g/mol. The first kappa shape index (κ1) is 16.7. The van der Waals surface area contributed by atoms with Crippen molar-refractivity contribution in [3.05, 3.63) is 100 Å². The van der Waals surface area contributed by atoms with Gasteiger partial charge in [-0.2, -0.15) is 0 Å². The summed E-state index contributed by atoms with van der Waals surface area (Å²) in [6.07, 6.45) is 0. The van der Waals surface area contributed by atoms with E-state index >= 15 is 0 Å². The molecule has 0 bridgehead atoms. The van der Waals surface area contributed by atoms with E-state index in [1.165, 1.54) is 16.7 Å². The van der Waals surface area contributed by atoms with E-state index in [1.807, 2.05) is 13.0 Å². The number of hydrogen-bond acceptors (Lipinski definition) is 2. The van der Waals surface area contributed by atoms with Gasteiger partial charge in [0.25, 0.3) is 0 Å². The van der Waals surface area contributed by atoms with Crippen LogP contribution in [-0.4, -0.2) is 9.88 Å². The zero-order chi connectivity index (χ0) is 16.8. The van der Waals surface area contributed by atoms with Crippen molar-refractivity contribution in [1.82, 2.24) is 9.88 Å². The first-order valence-corrected chi connectivity index (χ1v) is 8.50. The minimum absolute atomic E-state index is 0.560. The molecule has 0 atom stereocenters. The lowest BCUT2D eigenvalue weighted by Gasteiger charge is -2.23. The lowest BCUT2D eigenvalue weighted by molar-refractivity contribution is 0.247. The summed E-state index contributed by atoms with van der Waals surface area (Å²) in [6, 6.07) is 25.2. The maximum atomic E-state index is 6.12. The second-order valence-corrected chi connectivity index (χ2v) is 6.44. The Morgan fingerprint density at radius 2 is 1.25 bits per heavy atom. The Balaban J connectivity index is 1.80. The fraction of sp³-hybridized carbons (Fsp3) is 0.190. The minimum Gasteiger partial charge on any atom is -0.291 e. The number of benzene rings is 2. The molecule has 0 saturated carbocycles. The maximum Gasteiger partial charge on any atom is 0.129 e. The molecule has 2 nitrogen and oxygen atoms in total. The Morgan fingerprint density at radius 1 is 0.750 bits per heavy atom. The van der Waals surface area contributed by atoms with Gasteiger partial charge in [-0.15, -0.1) is 0 Å². The van der Waals surface area contributed by atoms with Crippen LogP contribution in [0.3, 0.4) is 0 Å². The molecule has 1 aromatic heterocycles. The van der Waals surface area contributed by atoms with Gasteiger partial charge in [0.1, 0.15) is 5.15 Å². The molecule has 0 aliphatic carbocycles. The molecule has 0 amide bonds. The molecule has 0 aliphatic heterocycles. The fourth-order valence-electron chi connectivity index (χ4n) is 2.90. The largest absolute Gasteiger partial charge is 0.291 e. The van der Waals surface area contributed by atoms with Crippen LogP contribution in [0.1, 0.15) is 22.4 Å². The van der Waals surface area contributed by atoms with E-state index in [0.29, 0.717) is 5.15 Å². The summed E-state index contributed by atoms with van der Waals surface area (Å²) < 4.78 is 0. The first-order valence-electron chi connectivity index (χ1n) is 8.12. The van der Waals surface area contributed by atoms with Crippen LogP contribution in [0.15, 0.2) is 72.8 Å². The van der Waals surface area contributed by atoms with Crippen LogP contribution in [0.25, 0.3) is 0 Å². The molecule has 0 spiro atoms. The molecule has 3 heteroatoms. The van der Waals surface area contributed by atoms with Gasteiger partial charge in [-0.1, -0.05) is 72.3 Å². The second-order valence-electron chi connectivity index (χ2n) is 6.06. The van der Waals surface area contributed by atoms with E-state index in [4.69, 9.17) is 11.6 Å². The van der Waals surface area contributed by atoms with Crippen molar-refractivity contribution >= 4 is 11.6 Å². The highest BCUT2D eigenvalue weighted by Gasteiger charge is 2.09. The third kappa shape index (κ3) is 4.92. The molecular formula is C21H21ClN2. The second kappa shape index (κ2) is 8.09. The first-order chi connectivity index (χ1) is 11.7. The Labute approximate surface area is 148 Å². The minimum atomic E-state index is 0.560. The number of aromatic nitrogens is 1. The number of rotatable bonds is 6. The normalized spacial score (nSPS) is 11.0. The topological polar surface area (TPSA) is 16.1 Å². The van der Waals surface area contributed by atoms with Gasteiger partial charge in [0, 0.05) is 25.3 Å². The summed E-state index contributed by atoms with van der Waals surface area (Å²) in [5, 5.41) is 0.560. The molecule has 0 radical (unpaired) electrons. The van der Waals surface area contributed by atoms with Crippen molar-refractivity contribution < 1.29 is 0 Å². The summed E-state index contributed by atoms with van der Waals surface area (Å²) in [5.41, 5.74) is 4.77. The van der Waals surface area contributed by atoms with Crippen LogP contribution in [0.2, 0.25) is 5.15 Å². The Kier molecular flexibility index (Phi) is 5.63. The van der Waals surface area contributed by atoms with E-state index in [0.717, 1.165) is 25.3 Å². The monoisotopic (exact) mass is 336 g/mol. The quantitative estimate of drug-likeness (QED) is 0.572. The molecule has 122 valence electrons. The van der Waals surface area contributed by atoms with Crippen molar-refractivity contribution in [2.24, 2.45) is 0 Å². The van der Waals surface area contributed by atoms with Crippen molar-refractivity contribution in [2.75, 3.05) is 0 Å². The maximum absolute atomic E-state index is 6.12. The van der Waals surface area contributed by atoms with E-state index in [9.17, 15) is 0 Å². The number of hydrogen-bond donors (Lipinski definition) is 0. The predicted octanol–water partition coefficient (Wildman–Crippen LogP) is 5.25. The fourth-order valence-corrected chi connectivity index (χ4v) is 3.17. The molecule has 0 aliphatic rings. The Bertz CT molecular complexity index is 711. The average molecular weight is 337 g/mol. The molecule has 0 N–H and O–H groups in total. The number of pyridine rings is 1. The Hall–Kier alpha value is -2.16. The highest BCUT2D eigenvalue weighted by Crippen LogP contribution is 2.17. The van der Waals surface area contributed by atoms with Crippen LogP contribution in [0.5, 0.6) is 0 Å². The summed E-state index contributed by atoms with van der Waals surface area (Å²) in [6.45, 7) is 4.62. The van der Waals surface area contributed by atoms with Crippen molar-refractivity contribution in [1.29, 1.82) is 0 Å². The Morgan fingerprint density at radius 3 is 1.75 bits per heavy atom. The van der Waals surface area contributed by atoms with E-state index in [2.05, 4.69) is 76.6 Å². The summed E-state index contributed by atoms with van der Waals surface area (Å²) in [7, 11) is 0. The lowest BCUT2D eigenvalue weighted by atomic mass is 10.1. The number of halogens is 1. The van der Waals surface area contributed by atoms with Crippen LogP contribution in [-0.2, 0) is 19.6 Å². The van der Waals surface area contributed by atoms with Gasteiger partial charge >= 0.3 is 0 Å². The summed E-state index contributed by atoms with van der Waals surface area (Å²) in [5.74, 6) is 0. The van der Waals surface area contributed by atoms with Crippen LogP contribution < -0.4 is 0 Å². The van der Waals surface area contributed by atoms with Crippen LogP contribution in [0.4, 0.5) is 0 Å². The van der Waals surface area contributed by atoms with Crippen LogP contribution >= 0.6 is 11.6 Å². The lowest BCUT2D eigenvalue weighted by Crippen LogP contribution is -2.22. The van der Waals surface area contributed by atoms with Gasteiger partial charge in [-0.3, -0.25) is 4.90 Å². The molecule has 2 aromatic carbocycles. The molecule has 3 rings (SSSR count). The number of nitrogens with zero attached hydrogens (tertiary/aromatic N) is 2. The highest BCUT2D eigenvalue weighted by atomic mass is 35.5. The van der Waals surface area contributed by atoms with E-state index in [1.54, 1.807) is 0 Å². The van der Waals surface area contributed by atoms with Gasteiger partial charge in [-0.05, 0) is 35.7 Å². The third-order valence-electron chi connectivity index (χ3n) is 3.89. The molecule has 24 heavy (non-hydrogen) atoms. The van der Waals surface area contributed by atoms with E-state index in [-0.39, 0.29) is 0 Å². The molecule has 3 aromatic rings. The van der Waals surface area contributed by atoms with Gasteiger partial charge in [0.2, 0.25) is 0 Å². The van der Waals surface area contributed by atoms with E-state index < -0.39 is 0 Å². The smallest absolute Gasteiger partial charge is 0.129 e. The zero-order valence-corrected chi connectivity index (χ0v) is 14.6. The highest BCUT2D eigenvalue weighted by molar-refractivity contribution is 6.29. The van der Waals surface area contributed by atoms with Crippen LogP contribution in [0, 0.1) is 6.92 Å². The molecule has 0 fully saturated rings. The van der Waals surface area contributed by atoms with Gasteiger partial charge < -0.3 is 0 Å². The third-order valence-corrected chi connectivity index (χ3v) is 4.08. The molecule has 1 heterocycles. The summed E-state index contributed by atoms with van der Waals surface area (Å²) in [4.78, 5) is 6.68. The zero-order valence-electron chi connectivity index (χ0n) is 13.8. The number of aryl methyl sites for hydroxylation is 1. The molecule has 0 unspecified atom stereocenters. The standard InChI is InChI=1S/C21H21ClN2/c1-17-12-20(13-21(22)23-17)16-24(14-18-8-4-2-5-9-18)15-19-10-6-3-7-11-19/h2-13H,14-16H2,1H3. The van der Waals surface area contributed by atoms with Gasteiger partial charge in [0.15, 0.2) is 0 Å². The average Bonchev–Trinajstić information content (AvgIpc) is 2.55. The van der Waals surface area contributed by atoms with Crippen molar-refractivity contribution in [2.45, 2.75) is 26.6 Å². The van der Waals surface area contributed by atoms with Gasteiger partial charge in [-0.25, -0.2) is 4.98 Å². The SMILES string of the molecule is Cc1cc(CN(Cc2ccccc2)Cc2ccccc2)cc(Cl)n1. The predicted molar refractivity (Wildman–Crippen MR) is 99.8 cm³/mol. The van der Waals surface area contributed by atoms with Crippen molar-refractivity contribution in [3.63, 3.8) is 0 Å². The van der Waals surface area contributed by atoms with Crippen molar-refractivity contribution in [3.8, 4) is 0 Å². The summed E-state index contributed by atoms with van der Waals surface area (Å²) >= 11 is 6.12. The molecule has 0 saturated heterocycles.